The average Bonchev–Trinajstić information content (AvgIpc) is 2.97. The lowest BCUT2D eigenvalue weighted by atomic mass is 9.92. The molecule has 0 bridgehead atoms. The second-order valence-electron chi connectivity index (χ2n) is 7.41. The third kappa shape index (κ3) is 3.91. The molecular weight excluding hydrogens is 353 g/mol. The Labute approximate surface area is 157 Å². The highest BCUT2D eigenvalue weighted by molar-refractivity contribution is 5.83. The molecule has 8 heteroatoms. The Hall–Kier alpha value is -2.19. The molecule has 0 saturated carbocycles. The molecule has 3 saturated heterocycles. The maximum Gasteiger partial charge on any atom is 0.410 e. The number of nitrogens with zero attached hydrogens (tertiary/aromatic N) is 2. The highest BCUT2D eigenvalue weighted by Crippen LogP contribution is 2.31. The van der Waals surface area contributed by atoms with Crippen molar-refractivity contribution < 1.29 is 23.5 Å². The van der Waals surface area contributed by atoms with Crippen LogP contribution in [0.25, 0.3) is 0 Å². The van der Waals surface area contributed by atoms with Crippen molar-refractivity contribution in [1.29, 1.82) is 0 Å². The summed E-state index contributed by atoms with van der Waals surface area (Å²) < 4.78 is 24.5. The Morgan fingerprint density at radius 3 is 2.74 bits per heavy atom. The van der Waals surface area contributed by atoms with E-state index in [1.165, 1.54) is 17.0 Å². The molecule has 3 aliphatic heterocycles. The Morgan fingerprint density at radius 1 is 1.26 bits per heavy atom. The Bertz CT molecular complexity index is 705. The largest absolute Gasteiger partial charge is 0.441 e. The smallest absolute Gasteiger partial charge is 0.410 e. The van der Waals surface area contributed by atoms with Crippen LogP contribution in [-0.4, -0.2) is 73.3 Å². The van der Waals surface area contributed by atoms with Crippen molar-refractivity contribution in [3.05, 3.63) is 35.6 Å². The molecule has 1 N–H and O–H groups in total. The quantitative estimate of drug-likeness (QED) is 0.860. The minimum absolute atomic E-state index is 0.0180. The molecule has 1 aromatic carbocycles. The number of morpholine rings is 1. The number of nitrogens with one attached hydrogen (secondary N) is 1. The Kier molecular flexibility index (Phi) is 5.01. The van der Waals surface area contributed by atoms with E-state index in [0.29, 0.717) is 26.2 Å². The van der Waals surface area contributed by atoms with E-state index in [2.05, 4.69) is 5.32 Å². The fraction of sp³-hybridized carbons (Fsp3) is 0.579. The minimum atomic E-state index is -0.454. The van der Waals surface area contributed by atoms with Gasteiger partial charge in [0.15, 0.2) is 0 Å². The van der Waals surface area contributed by atoms with Crippen LogP contribution in [0.2, 0.25) is 0 Å². The maximum absolute atomic E-state index is 13.1. The van der Waals surface area contributed by atoms with Crippen LogP contribution < -0.4 is 5.32 Å². The van der Waals surface area contributed by atoms with E-state index in [0.717, 1.165) is 31.5 Å². The molecule has 1 spiro atoms. The summed E-state index contributed by atoms with van der Waals surface area (Å²) in [4.78, 5) is 28.2. The number of rotatable bonds is 3. The standard InChI is InChI=1S/C19H24FN3O4/c20-15-3-1-14(2-4-15)16-11-22(9-10-26-16)17(24)12-23-13-19(27-18(23)25)5-7-21-8-6-19/h1-4,16,21H,5-13H2/t16-/m1/s1. The van der Waals surface area contributed by atoms with Crippen molar-refractivity contribution in [3.8, 4) is 0 Å². The van der Waals surface area contributed by atoms with Crippen LogP contribution in [0.5, 0.6) is 0 Å². The van der Waals surface area contributed by atoms with E-state index in [-0.39, 0.29) is 24.4 Å². The molecule has 3 heterocycles. The first kappa shape index (κ1) is 18.2. The predicted octanol–water partition coefficient (Wildman–Crippen LogP) is 1.30. The van der Waals surface area contributed by atoms with E-state index in [1.807, 2.05) is 0 Å². The zero-order valence-corrected chi connectivity index (χ0v) is 15.2. The molecule has 0 aromatic heterocycles. The molecule has 4 rings (SSSR count). The second kappa shape index (κ2) is 7.44. The van der Waals surface area contributed by atoms with Crippen LogP contribution in [0.3, 0.4) is 0 Å². The number of piperidine rings is 1. The Morgan fingerprint density at radius 2 is 2.00 bits per heavy atom. The molecule has 0 aliphatic carbocycles. The van der Waals surface area contributed by atoms with Crippen LogP contribution in [0.1, 0.15) is 24.5 Å². The highest BCUT2D eigenvalue weighted by Gasteiger charge is 2.46. The van der Waals surface area contributed by atoms with Gasteiger partial charge in [0.25, 0.3) is 0 Å². The molecule has 27 heavy (non-hydrogen) atoms. The van der Waals surface area contributed by atoms with Gasteiger partial charge in [0.2, 0.25) is 5.91 Å². The summed E-state index contributed by atoms with van der Waals surface area (Å²) in [5.74, 6) is -0.421. The maximum atomic E-state index is 13.1. The summed E-state index contributed by atoms with van der Waals surface area (Å²) in [5, 5.41) is 3.26. The average molecular weight is 377 g/mol. The normalized spacial score (nSPS) is 24.9. The number of carbonyl (C=O) groups excluding carboxylic acids is 2. The first-order valence-electron chi connectivity index (χ1n) is 9.38. The van der Waals surface area contributed by atoms with E-state index in [1.54, 1.807) is 17.0 Å². The van der Waals surface area contributed by atoms with Gasteiger partial charge in [-0.15, -0.1) is 0 Å². The first-order valence-corrected chi connectivity index (χ1v) is 9.38. The third-order valence-electron chi connectivity index (χ3n) is 5.54. The van der Waals surface area contributed by atoms with Gasteiger partial charge in [0, 0.05) is 19.4 Å². The molecule has 1 aromatic rings. The SMILES string of the molecule is O=C(CN1CC2(CCNCC2)OC1=O)N1CCO[C@@H](c2ccc(F)cc2)C1. The number of benzene rings is 1. The molecule has 0 radical (unpaired) electrons. The van der Waals surface area contributed by atoms with Gasteiger partial charge >= 0.3 is 6.09 Å². The number of hydrogen-bond acceptors (Lipinski definition) is 5. The molecule has 2 amide bonds. The zero-order chi connectivity index (χ0) is 18.9. The summed E-state index contributed by atoms with van der Waals surface area (Å²) in [6.45, 7) is 3.40. The van der Waals surface area contributed by atoms with Crippen molar-refractivity contribution in [2.24, 2.45) is 0 Å². The summed E-state index contributed by atoms with van der Waals surface area (Å²) >= 11 is 0. The second-order valence-corrected chi connectivity index (χ2v) is 7.41. The zero-order valence-electron chi connectivity index (χ0n) is 15.2. The number of carbonyl (C=O) groups is 2. The van der Waals surface area contributed by atoms with Crippen LogP contribution in [0.4, 0.5) is 9.18 Å². The fourth-order valence-electron chi connectivity index (χ4n) is 3.98. The number of hydrogen-bond donors (Lipinski definition) is 1. The van der Waals surface area contributed by atoms with Crippen molar-refractivity contribution in [2.75, 3.05) is 45.9 Å². The van der Waals surface area contributed by atoms with Gasteiger partial charge in [0.1, 0.15) is 24.1 Å². The number of halogens is 1. The summed E-state index contributed by atoms with van der Waals surface area (Å²) in [6, 6.07) is 6.12. The highest BCUT2D eigenvalue weighted by atomic mass is 19.1. The van der Waals surface area contributed by atoms with E-state index in [9.17, 15) is 14.0 Å². The monoisotopic (exact) mass is 377 g/mol. The van der Waals surface area contributed by atoms with Gasteiger partial charge < -0.3 is 19.7 Å². The lowest BCUT2D eigenvalue weighted by Crippen LogP contribution is -2.48. The van der Waals surface area contributed by atoms with E-state index >= 15 is 0 Å². The van der Waals surface area contributed by atoms with Crippen LogP contribution in [-0.2, 0) is 14.3 Å². The summed E-state index contributed by atoms with van der Waals surface area (Å²) in [6.07, 6.45) is 0.847. The fourth-order valence-corrected chi connectivity index (χ4v) is 3.98. The molecule has 3 fully saturated rings. The first-order chi connectivity index (χ1) is 13.0. The van der Waals surface area contributed by atoms with Gasteiger partial charge in [-0.25, -0.2) is 9.18 Å². The van der Waals surface area contributed by atoms with E-state index in [4.69, 9.17) is 9.47 Å². The summed E-state index contributed by atoms with van der Waals surface area (Å²) in [7, 11) is 0. The van der Waals surface area contributed by atoms with Crippen molar-refractivity contribution >= 4 is 12.0 Å². The van der Waals surface area contributed by atoms with Crippen LogP contribution in [0.15, 0.2) is 24.3 Å². The van der Waals surface area contributed by atoms with Gasteiger partial charge in [-0.2, -0.15) is 0 Å². The van der Waals surface area contributed by atoms with Gasteiger partial charge in [-0.3, -0.25) is 9.69 Å². The molecular formula is C19H24FN3O4. The van der Waals surface area contributed by atoms with Crippen molar-refractivity contribution in [2.45, 2.75) is 24.5 Å². The topological polar surface area (TPSA) is 71.1 Å². The van der Waals surface area contributed by atoms with Crippen molar-refractivity contribution in [1.82, 2.24) is 15.1 Å². The lowest BCUT2D eigenvalue weighted by molar-refractivity contribution is -0.139. The number of amides is 2. The molecule has 0 unspecified atom stereocenters. The van der Waals surface area contributed by atoms with Gasteiger partial charge in [-0.1, -0.05) is 12.1 Å². The Balaban J connectivity index is 1.36. The van der Waals surface area contributed by atoms with Gasteiger partial charge in [-0.05, 0) is 30.8 Å². The number of ether oxygens (including phenoxy) is 2. The summed E-state index contributed by atoms with van der Waals surface area (Å²) in [5.41, 5.74) is 0.382. The third-order valence-corrected chi connectivity index (χ3v) is 5.54. The predicted molar refractivity (Wildman–Crippen MR) is 94.6 cm³/mol. The minimum Gasteiger partial charge on any atom is -0.441 e. The molecule has 3 aliphatic rings. The van der Waals surface area contributed by atoms with Crippen molar-refractivity contribution in [3.63, 3.8) is 0 Å². The van der Waals surface area contributed by atoms with E-state index < -0.39 is 11.7 Å². The lowest BCUT2D eigenvalue weighted by Gasteiger charge is -2.34. The molecule has 1 atom stereocenters. The van der Waals surface area contributed by atoms with Gasteiger partial charge in [0.05, 0.1) is 19.7 Å². The molecule has 7 nitrogen and oxygen atoms in total. The van der Waals surface area contributed by atoms with Crippen LogP contribution in [0, 0.1) is 5.82 Å². The molecule has 146 valence electrons. The van der Waals surface area contributed by atoms with Crippen LogP contribution >= 0.6 is 0 Å².